The van der Waals surface area contributed by atoms with Crippen LogP contribution in [0.4, 0.5) is 0 Å². The van der Waals surface area contributed by atoms with Gasteiger partial charge in [0.25, 0.3) is 0 Å². The number of rotatable bonds is 3. The highest BCUT2D eigenvalue weighted by molar-refractivity contribution is 7.98. The standard InChI is InChI=1S/C8H8O2S.C7H8OS/c1-11-7-2-3-8(10)6(4-7)5-9;1-9-7-4-2-6(8)3-5-7/h2-5,10H,1H3;2-5,8H,1H3. The molecule has 0 bridgehead atoms. The van der Waals surface area contributed by atoms with Crippen molar-refractivity contribution in [3.8, 4) is 11.5 Å². The highest BCUT2D eigenvalue weighted by Gasteiger charge is 1.99. The van der Waals surface area contributed by atoms with Crippen molar-refractivity contribution in [3.63, 3.8) is 0 Å². The summed E-state index contributed by atoms with van der Waals surface area (Å²) in [6, 6.07) is 12.1. The third-order valence-electron chi connectivity index (χ3n) is 2.43. The van der Waals surface area contributed by atoms with Crippen molar-refractivity contribution in [1.29, 1.82) is 0 Å². The summed E-state index contributed by atoms with van der Waals surface area (Å²) in [4.78, 5) is 12.5. The fourth-order valence-electron chi connectivity index (χ4n) is 1.34. The van der Waals surface area contributed by atoms with Crippen LogP contribution in [-0.4, -0.2) is 29.0 Å². The van der Waals surface area contributed by atoms with E-state index in [1.54, 1.807) is 36.0 Å². The zero-order chi connectivity index (χ0) is 15.0. The Bertz CT molecular complexity index is 554. The molecule has 0 heterocycles. The normalized spacial score (nSPS) is 9.50. The van der Waals surface area contributed by atoms with Crippen molar-refractivity contribution in [2.24, 2.45) is 0 Å². The van der Waals surface area contributed by atoms with Gasteiger partial charge in [0.1, 0.15) is 11.5 Å². The number of thioether (sulfide) groups is 2. The molecule has 0 aliphatic carbocycles. The maximum absolute atomic E-state index is 10.3. The van der Waals surface area contributed by atoms with E-state index in [9.17, 15) is 4.79 Å². The molecule has 5 heteroatoms. The SMILES string of the molecule is CSc1ccc(O)c(C=O)c1.CSc1ccc(O)cc1. The van der Waals surface area contributed by atoms with Crippen molar-refractivity contribution in [2.45, 2.75) is 9.79 Å². The molecule has 0 unspecified atom stereocenters. The molecule has 2 aromatic carbocycles. The first-order valence-corrected chi connectivity index (χ1v) is 8.21. The smallest absolute Gasteiger partial charge is 0.153 e. The second-order valence-corrected chi connectivity index (χ2v) is 5.50. The Labute approximate surface area is 127 Å². The van der Waals surface area contributed by atoms with Gasteiger partial charge in [-0.15, -0.1) is 23.5 Å². The molecule has 0 fully saturated rings. The highest BCUT2D eigenvalue weighted by atomic mass is 32.2. The maximum Gasteiger partial charge on any atom is 0.153 e. The number of carbonyl (C=O) groups is 1. The minimum Gasteiger partial charge on any atom is -0.508 e. The number of phenolic OH excluding ortho intramolecular Hbond substituents is 2. The lowest BCUT2D eigenvalue weighted by Crippen LogP contribution is -1.81. The number of hydrogen-bond acceptors (Lipinski definition) is 5. The van der Waals surface area contributed by atoms with E-state index >= 15 is 0 Å². The van der Waals surface area contributed by atoms with Crippen LogP contribution < -0.4 is 0 Å². The Morgan fingerprint density at radius 3 is 1.95 bits per heavy atom. The van der Waals surface area contributed by atoms with Crippen LogP contribution >= 0.6 is 23.5 Å². The van der Waals surface area contributed by atoms with Crippen molar-refractivity contribution < 1.29 is 15.0 Å². The van der Waals surface area contributed by atoms with Gasteiger partial charge in [0.15, 0.2) is 6.29 Å². The Hall–Kier alpha value is -1.59. The Kier molecular flexibility index (Phi) is 7.04. The summed E-state index contributed by atoms with van der Waals surface area (Å²) in [7, 11) is 0. The van der Waals surface area contributed by atoms with Gasteiger partial charge >= 0.3 is 0 Å². The summed E-state index contributed by atoms with van der Waals surface area (Å²) in [5.74, 6) is 0.366. The molecule has 0 saturated carbocycles. The van der Waals surface area contributed by atoms with Crippen LogP contribution in [0.1, 0.15) is 10.4 Å². The van der Waals surface area contributed by atoms with Gasteiger partial charge in [-0.05, 0) is 55.0 Å². The topological polar surface area (TPSA) is 57.5 Å². The predicted molar refractivity (Wildman–Crippen MR) is 85.2 cm³/mol. The molecule has 0 atom stereocenters. The Morgan fingerprint density at radius 2 is 1.45 bits per heavy atom. The number of hydrogen-bond donors (Lipinski definition) is 2. The molecule has 2 N–H and O–H groups in total. The second kappa shape index (κ2) is 8.55. The first kappa shape index (κ1) is 16.5. The van der Waals surface area contributed by atoms with E-state index in [0.717, 1.165) is 4.90 Å². The van der Waals surface area contributed by atoms with Crippen molar-refractivity contribution >= 4 is 29.8 Å². The molecule has 0 saturated heterocycles. The summed E-state index contributed by atoms with van der Waals surface area (Å²) in [6.45, 7) is 0. The number of aromatic hydroxyl groups is 2. The average Bonchev–Trinajstić information content (AvgIpc) is 2.49. The molecule has 0 amide bonds. The zero-order valence-electron chi connectivity index (χ0n) is 11.2. The zero-order valence-corrected chi connectivity index (χ0v) is 12.9. The van der Waals surface area contributed by atoms with Crippen LogP contribution in [0.5, 0.6) is 11.5 Å². The fraction of sp³-hybridized carbons (Fsp3) is 0.133. The van der Waals surface area contributed by atoms with Gasteiger partial charge in [-0.2, -0.15) is 0 Å². The van der Waals surface area contributed by atoms with E-state index < -0.39 is 0 Å². The molecule has 0 radical (unpaired) electrons. The molecule has 2 aromatic rings. The van der Waals surface area contributed by atoms with Gasteiger partial charge in [-0.1, -0.05) is 0 Å². The lowest BCUT2D eigenvalue weighted by Gasteiger charge is -1.98. The molecular weight excluding hydrogens is 292 g/mol. The Balaban J connectivity index is 0.000000204. The summed E-state index contributed by atoms with van der Waals surface area (Å²) >= 11 is 3.20. The van der Waals surface area contributed by atoms with Crippen LogP contribution in [-0.2, 0) is 0 Å². The molecule has 0 spiro atoms. The van der Waals surface area contributed by atoms with Crippen LogP contribution in [0.3, 0.4) is 0 Å². The van der Waals surface area contributed by atoms with E-state index in [2.05, 4.69) is 0 Å². The summed E-state index contributed by atoms with van der Waals surface area (Å²) in [5, 5.41) is 17.9. The van der Waals surface area contributed by atoms with E-state index in [0.29, 0.717) is 17.6 Å². The first-order valence-electron chi connectivity index (χ1n) is 5.76. The van der Waals surface area contributed by atoms with Gasteiger partial charge in [0.05, 0.1) is 5.56 Å². The third-order valence-corrected chi connectivity index (χ3v) is 3.90. The van der Waals surface area contributed by atoms with E-state index in [1.165, 1.54) is 22.7 Å². The lowest BCUT2D eigenvalue weighted by atomic mass is 10.2. The van der Waals surface area contributed by atoms with E-state index in [-0.39, 0.29) is 5.75 Å². The average molecular weight is 308 g/mol. The molecule has 0 aliphatic heterocycles. The van der Waals surface area contributed by atoms with Gasteiger partial charge in [-0.25, -0.2) is 0 Å². The van der Waals surface area contributed by atoms with Crippen LogP contribution in [0.2, 0.25) is 0 Å². The number of aldehydes is 1. The predicted octanol–water partition coefficient (Wildman–Crippen LogP) is 4.04. The quantitative estimate of drug-likeness (QED) is 0.662. The molecule has 0 aromatic heterocycles. The van der Waals surface area contributed by atoms with Crippen LogP contribution in [0, 0.1) is 0 Å². The van der Waals surface area contributed by atoms with Crippen LogP contribution in [0.15, 0.2) is 52.3 Å². The Morgan fingerprint density at radius 1 is 0.900 bits per heavy atom. The largest absolute Gasteiger partial charge is 0.508 e. The first-order chi connectivity index (χ1) is 9.60. The van der Waals surface area contributed by atoms with Gasteiger partial charge in [0, 0.05) is 9.79 Å². The summed E-state index contributed by atoms with van der Waals surface area (Å²) < 4.78 is 0. The molecule has 0 aliphatic rings. The maximum atomic E-state index is 10.3. The van der Waals surface area contributed by atoms with Crippen molar-refractivity contribution in [2.75, 3.05) is 12.5 Å². The summed E-state index contributed by atoms with van der Waals surface area (Å²) in [6.07, 6.45) is 4.57. The minimum atomic E-state index is 0.0396. The third kappa shape index (κ3) is 5.19. The van der Waals surface area contributed by atoms with E-state index in [1.807, 2.05) is 24.6 Å². The lowest BCUT2D eigenvalue weighted by molar-refractivity contribution is 0.112. The van der Waals surface area contributed by atoms with Gasteiger partial charge in [-0.3, -0.25) is 4.79 Å². The summed E-state index contributed by atoms with van der Waals surface area (Å²) in [5.41, 5.74) is 0.344. The second-order valence-electron chi connectivity index (χ2n) is 3.74. The number of benzene rings is 2. The highest BCUT2D eigenvalue weighted by Crippen LogP contribution is 2.22. The molecule has 20 heavy (non-hydrogen) atoms. The number of phenols is 2. The molecular formula is C15H16O3S2. The monoisotopic (exact) mass is 308 g/mol. The van der Waals surface area contributed by atoms with Crippen molar-refractivity contribution in [3.05, 3.63) is 48.0 Å². The molecule has 3 nitrogen and oxygen atoms in total. The molecule has 106 valence electrons. The van der Waals surface area contributed by atoms with Gasteiger partial charge in [0.2, 0.25) is 0 Å². The molecule has 2 rings (SSSR count). The van der Waals surface area contributed by atoms with Gasteiger partial charge < -0.3 is 10.2 Å². The minimum absolute atomic E-state index is 0.0396. The number of carbonyl (C=O) groups excluding carboxylic acids is 1. The van der Waals surface area contributed by atoms with Crippen LogP contribution in [0.25, 0.3) is 0 Å². The van der Waals surface area contributed by atoms with Crippen molar-refractivity contribution in [1.82, 2.24) is 0 Å². The fourth-order valence-corrected chi connectivity index (χ4v) is 2.19. The van der Waals surface area contributed by atoms with E-state index in [4.69, 9.17) is 10.2 Å².